The van der Waals surface area contributed by atoms with Gasteiger partial charge in [0.25, 0.3) is 0 Å². The fourth-order valence-electron chi connectivity index (χ4n) is 1.46. The van der Waals surface area contributed by atoms with Crippen LogP contribution in [-0.2, 0) is 14.3 Å². The smallest absolute Gasteiger partial charge is 0.348 e. The standard InChI is InChI=1S/C10H14O4/c1-4-7-5-6(2)10(3,9(12)13)14-8(7)11/h4,6H,5H2,1-3H3,(H,12,13)/b7-4+/t6-,10+/m1/s1. The highest BCUT2D eigenvalue weighted by molar-refractivity contribution is 5.93. The lowest BCUT2D eigenvalue weighted by atomic mass is 9.82. The van der Waals surface area contributed by atoms with E-state index in [1.165, 1.54) is 6.92 Å². The number of aliphatic carboxylic acids is 1. The number of allylic oxidation sites excluding steroid dienone is 1. The molecule has 78 valence electrons. The minimum atomic E-state index is -1.39. The number of esters is 1. The van der Waals surface area contributed by atoms with E-state index < -0.39 is 17.5 Å². The third-order valence-electron chi connectivity index (χ3n) is 2.81. The van der Waals surface area contributed by atoms with E-state index >= 15 is 0 Å². The Labute approximate surface area is 82.6 Å². The van der Waals surface area contributed by atoms with Crippen LogP contribution in [0.4, 0.5) is 0 Å². The van der Waals surface area contributed by atoms with Crippen molar-refractivity contribution in [3.63, 3.8) is 0 Å². The van der Waals surface area contributed by atoms with Crippen molar-refractivity contribution in [2.75, 3.05) is 0 Å². The summed E-state index contributed by atoms with van der Waals surface area (Å²) in [6.07, 6.45) is 2.12. The molecule has 0 aromatic heterocycles. The van der Waals surface area contributed by atoms with Crippen LogP contribution in [0.3, 0.4) is 0 Å². The zero-order valence-electron chi connectivity index (χ0n) is 8.53. The molecule has 0 aliphatic carbocycles. The summed E-state index contributed by atoms with van der Waals surface area (Å²) in [7, 11) is 0. The van der Waals surface area contributed by atoms with Gasteiger partial charge in [-0.1, -0.05) is 13.0 Å². The van der Waals surface area contributed by atoms with Crippen LogP contribution >= 0.6 is 0 Å². The quantitative estimate of drug-likeness (QED) is 0.510. The lowest BCUT2D eigenvalue weighted by molar-refractivity contribution is -0.184. The van der Waals surface area contributed by atoms with E-state index in [2.05, 4.69) is 0 Å². The van der Waals surface area contributed by atoms with Gasteiger partial charge in [0.15, 0.2) is 0 Å². The van der Waals surface area contributed by atoms with Crippen molar-refractivity contribution in [1.29, 1.82) is 0 Å². The lowest BCUT2D eigenvalue weighted by Crippen LogP contribution is -2.49. The molecule has 14 heavy (non-hydrogen) atoms. The van der Waals surface area contributed by atoms with E-state index in [0.29, 0.717) is 12.0 Å². The zero-order valence-corrected chi connectivity index (χ0v) is 8.53. The first-order valence-corrected chi connectivity index (χ1v) is 4.53. The zero-order chi connectivity index (χ0) is 10.9. The monoisotopic (exact) mass is 198 g/mol. The van der Waals surface area contributed by atoms with Gasteiger partial charge in [0, 0.05) is 11.5 Å². The molecule has 4 heteroatoms. The average molecular weight is 198 g/mol. The largest absolute Gasteiger partial charge is 0.478 e. The number of cyclic esters (lactones) is 1. The highest BCUT2D eigenvalue weighted by Gasteiger charge is 2.47. The molecule has 1 rings (SSSR count). The molecule has 0 unspecified atom stereocenters. The second-order valence-electron chi connectivity index (χ2n) is 3.72. The molecule has 0 bridgehead atoms. The number of carbonyl (C=O) groups is 2. The van der Waals surface area contributed by atoms with E-state index in [4.69, 9.17) is 9.84 Å². The van der Waals surface area contributed by atoms with Gasteiger partial charge in [0.1, 0.15) is 0 Å². The van der Waals surface area contributed by atoms with Crippen molar-refractivity contribution in [2.24, 2.45) is 5.92 Å². The molecule has 0 amide bonds. The molecule has 1 fully saturated rings. The van der Waals surface area contributed by atoms with Gasteiger partial charge < -0.3 is 9.84 Å². The minimum absolute atomic E-state index is 0.205. The number of carboxylic acid groups (broad SMARTS) is 1. The third kappa shape index (κ3) is 1.52. The first-order chi connectivity index (χ1) is 6.41. The molecule has 1 aliphatic heterocycles. The summed E-state index contributed by atoms with van der Waals surface area (Å²) in [6, 6.07) is 0. The molecule has 4 nitrogen and oxygen atoms in total. The highest BCUT2D eigenvalue weighted by atomic mass is 16.6. The number of hydrogen-bond donors (Lipinski definition) is 1. The number of hydrogen-bond acceptors (Lipinski definition) is 3. The molecule has 0 radical (unpaired) electrons. The van der Waals surface area contributed by atoms with Crippen LogP contribution in [0.15, 0.2) is 11.6 Å². The van der Waals surface area contributed by atoms with Gasteiger partial charge in [-0.25, -0.2) is 9.59 Å². The summed E-state index contributed by atoms with van der Waals surface area (Å²) in [5.74, 6) is -1.81. The van der Waals surface area contributed by atoms with Gasteiger partial charge in [-0.2, -0.15) is 0 Å². The predicted octanol–water partition coefficient (Wildman–Crippen LogP) is 1.36. The van der Waals surface area contributed by atoms with Crippen molar-refractivity contribution < 1.29 is 19.4 Å². The van der Waals surface area contributed by atoms with Crippen LogP contribution in [-0.4, -0.2) is 22.6 Å². The molecule has 0 aromatic rings. The summed E-state index contributed by atoms with van der Waals surface area (Å²) < 4.78 is 4.94. The minimum Gasteiger partial charge on any atom is -0.478 e. The van der Waals surface area contributed by atoms with Gasteiger partial charge in [-0.15, -0.1) is 0 Å². The molecule has 0 aromatic carbocycles. The highest BCUT2D eigenvalue weighted by Crippen LogP contribution is 2.34. The van der Waals surface area contributed by atoms with Crippen LogP contribution in [0.5, 0.6) is 0 Å². The van der Waals surface area contributed by atoms with Crippen LogP contribution < -0.4 is 0 Å². The molecular formula is C10H14O4. The van der Waals surface area contributed by atoms with E-state index in [9.17, 15) is 9.59 Å². The Morgan fingerprint density at radius 1 is 1.71 bits per heavy atom. The van der Waals surface area contributed by atoms with Crippen LogP contribution in [0.1, 0.15) is 27.2 Å². The fourth-order valence-corrected chi connectivity index (χ4v) is 1.46. The molecule has 1 aliphatic rings. The normalized spacial score (nSPS) is 35.5. The summed E-state index contributed by atoms with van der Waals surface area (Å²) in [6.45, 7) is 4.95. The van der Waals surface area contributed by atoms with E-state index in [1.807, 2.05) is 0 Å². The maximum Gasteiger partial charge on any atom is 0.348 e. The van der Waals surface area contributed by atoms with Gasteiger partial charge in [0.05, 0.1) is 0 Å². The Balaban J connectivity index is 2.97. The second kappa shape index (κ2) is 3.44. The van der Waals surface area contributed by atoms with Gasteiger partial charge in [0.2, 0.25) is 5.60 Å². The first kappa shape index (κ1) is 10.8. The molecule has 2 atom stereocenters. The Kier molecular flexibility index (Phi) is 2.64. The Morgan fingerprint density at radius 2 is 2.29 bits per heavy atom. The van der Waals surface area contributed by atoms with Crippen LogP contribution in [0.25, 0.3) is 0 Å². The number of ether oxygens (including phenoxy) is 1. The fraction of sp³-hybridized carbons (Fsp3) is 0.600. The first-order valence-electron chi connectivity index (χ1n) is 4.53. The molecule has 1 N–H and O–H groups in total. The van der Waals surface area contributed by atoms with Gasteiger partial charge in [-0.3, -0.25) is 0 Å². The summed E-state index contributed by atoms with van der Waals surface area (Å²) in [4.78, 5) is 22.3. The Bertz CT molecular complexity index is 305. The van der Waals surface area contributed by atoms with Crippen molar-refractivity contribution >= 4 is 11.9 Å². The summed E-state index contributed by atoms with van der Waals surface area (Å²) >= 11 is 0. The van der Waals surface area contributed by atoms with Crippen LogP contribution in [0, 0.1) is 5.92 Å². The predicted molar refractivity (Wildman–Crippen MR) is 49.7 cm³/mol. The van der Waals surface area contributed by atoms with Crippen molar-refractivity contribution in [1.82, 2.24) is 0 Å². The van der Waals surface area contributed by atoms with Crippen molar-refractivity contribution in [3.05, 3.63) is 11.6 Å². The summed E-state index contributed by atoms with van der Waals surface area (Å²) in [5, 5.41) is 8.95. The van der Waals surface area contributed by atoms with E-state index in [0.717, 1.165) is 0 Å². The van der Waals surface area contributed by atoms with Crippen LogP contribution in [0.2, 0.25) is 0 Å². The molecule has 1 saturated heterocycles. The maximum absolute atomic E-state index is 11.3. The third-order valence-corrected chi connectivity index (χ3v) is 2.81. The number of rotatable bonds is 1. The molecule has 1 heterocycles. The average Bonchev–Trinajstić information content (AvgIpc) is 2.11. The topological polar surface area (TPSA) is 63.6 Å². The van der Waals surface area contributed by atoms with Gasteiger partial charge >= 0.3 is 11.9 Å². The summed E-state index contributed by atoms with van der Waals surface area (Å²) in [5.41, 5.74) is -0.833. The molecule has 0 saturated carbocycles. The Morgan fingerprint density at radius 3 is 2.71 bits per heavy atom. The molecular weight excluding hydrogens is 184 g/mol. The van der Waals surface area contributed by atoms with E-state index in [1.54, 1.807) is 19.9 Å². The van der Waals surface area contributed by atoms with E-state index in [-0.39, 0.29) is 5.92 Å². The van der Waals surface area contributed by atoms with Crippen molar-refractivity contribution in [2.45, 2.75) is 32.8 Å². The Hall–Kier alpha value is -1.32. The van der Waals surface area contributed by atoms with Crippen molar-refractivity contribution in [3.8, 4) is 0 Å². The SMILES string of the molecule is C/C=C1\C[C@@H](C)[C@@](C)(C(=O)O)OC1=O. The molecule has 0 spiro atoms. The number of carbonyl (C=O) groups excluding carboxylic acids is 1. The lowest BCUT2D eigenvalue weighted by Gasteiger charge is -2.35. The number of carboxylic acids is 1. The van der Waals surface area contributed by atoms with Gasteiger partial charge in [-0.05, 0) is 20.3 Å². The second-order valence-corrected chi connectivity index (χ2v) is 3.72. The maximum atomic E-state index is 11.3.